The standard InChI is InChI=1S/C22H38N4O4.HI/c1-27-16-17-29-19-20-6-10-26(18-20)22(24-8-5-21-4-2-13-30-21)23-7-3-9-25-11-14-28-15-12-25;/h2,4,13,20H,3,5-12,14-19H2,1H3,(H,23,24);1H. The Hall–Kier alpha value is -0.880. The number of nitrogens with zero attached hydrogens (tertiary/aromatic N) is 3. The highest BCUT2D eigenvalue weighted by atomic mass is 127. The first-order valence-electron chi connectivity index (χ1n) is 11.3. The van der Waals surface area contributed by atoms with Gasteiger partial charge in [-0.15, -0.1) is 24.0 Å². The zero-order chi connectivity index (χ0) is 20.9. The van der Waals surface area contributed by atoms with E-state index in [1.807, 2.05) is 12.1 Å². The van der Waals surface area contributed by atoms with Crippen LogP contribution in [0.1, 0.15) is 18.6 Å². The van der Waals surface area contributed by atoms with Crippen molar-refractivity contribution in [3.63, 3.8) is 0 Å². The number of nitrogens with one attached hydrogen (secondary N) is 1. The molecule has 9 heteroatoms. The SMILES string of the molecule is COCCOCC1CCN(C(=NCCCN2CCOCC2)NCCc2ccco2)C1.I. The van der Waals surface area contributed by atoms with Gasteiger partial charge in [0.15, 0.2) is 5.96 Å². The molecular weight excluding hydrogens is 511 g/mol. The molecule has 3 heterocycles. The molecule has 1 aromatic rings. The monoisotopic (exact) mass is 550 g/mol. The Morgan fingerprint density at radius 2 is 2.13 bits per heavy atom. The van der Waals surface area contributed by atoms with E-state index in [9.17, 15) is 0 Å². The molecule has 0 spiro atoms. The van der Waals surface area contributed by atoms with Crippen LogP contribution < -0.4 is 5.32 Å². The van der Waals surface area contributed by atoms with Gasteiger partial charge in [-0.2, -0.15) is 0 Å². The predicted molar refractivity (Wildman–Crippen MR) is 132 cm³/mol. The maximum Gasteiger partial charge on any atom is 0.193 e. The molecule has 1 unspecified atom stereocenters. The Bertz CT molecular complexity index is 596. The van der Waals surface area contributed by atoms with Crippen LogP contribution in [0.4, 0.5) is 0 Å². The summed E-state index contributed by atoms with van der Waals surface area (Å²) in [5.41, 5.74) is 0. The Kier molecular flexibility index (Phi) is 13.5. The van der Waals surface area contributed by atoms with Gasteiger partial charge in [0.2, 0.25) is 0 Å². The van der Waals surface area contributed by atoms with E-state index >= 15 is 0 Å². The van der Waals surface area contributed by atoms with Crippen LogP contribution >= 0.6 is 24.0 Å². The van der Waals surface area contributed by atoms with Crippen molar-refractivity contribution in [2.75, 3.05) is 86.0 Å². The molecule has 2 saturated heterocycles. The third kappa shape index (κ3) is 10.1. The van der Waals surface area contributed by atoms with E-state index < -0.39 is 0 Å². The highest BCUT2D eigenvalue weighted by molar-refractivity contribution is 14.0. The largest absolute Gasteiger partial charge is 0.469 e. The zero-order valence-electron chi connectivity index (χ0n) is 18.8. The van der Waals surface area contributed by atoms with Gasteiger partial charge >= 0.3 is 0 Å². The van der Waals surface area contributed by atoms with Gasteiger partial charge in [-0.3, -0.25) is 9.89 Å². The van der Waals surface area contributed by atoms with Crippen molar-refractivity contribution in [3.05, 3.63) is 24.2 Å². The summed E-state index contributed by atoms with van der Waals surface area (Å²) in [7, 11) is 1.71. The summed E-state index contributed by atoms with van der Waals surface area (Å²) in [5, 5.41) is 3.56. The summed E-state index contributed by atoms with van der Waals surface area (Å²) < 4.78 is 21.7. The Morgan fingerprint density at radius 3 is 2.90 bits per heavy atom. The number of aliphatic imine (C=N–C) groups is 1. The Morgan fingerprint density at radius 1 is 1.26 bits per heavy atom. The van der Waals surface area contributed by atoms with E-state index in [0.717, 1.165) is 96.6 Å². The molecule has 2 aliphatic rings. The van der Waals surface area contributed by atoms with Crippen LogP contribution in [0, 0.1) is 5.92 Å². The van der Waals surface area contributed by atoms with Crippen molar-refractivity contribution in [2.45, 2.75) is 19.3 Å². The summed E-state index contributed by atoms with van der Waals surface area (Å²) in [6, 6.07) is 3.95. The number of halogens is 1. The van der Waals surface area contributed by atoms with E-state index in [2.05, 4.69) is 15.1 Å². The van der Waals surface area contributed by atoms with Gasteiger partial charge in [-0.05, 0) is 25.0 Å². The minimum atomic E-state index is 0. The molecule has 8 nitrogen and oxygen atoms in total. The second-order valence-electron chi connectivity index (χ2n) is 7.94. The number of methoxy groups -OCH3 is 1. The number of morpholine rings is 1. The number of guanidine groups is 1. The molecule has 31 heavy (non-hydrogen) atoms. The van der Waals surface area contributed by atoms with Crippen molar-refractivity contribution in [1.82, 2.24) is 15.1 Å². The summed E-state index contributed by atoms with van der Waals surface area (Å²) in [5.74, 6) is 2.57. The van der Waals surface area contributed by atoms with E-state index in [4.69, 9.17) is 23.6 Å². The minimum absolute atomic E-state index is 0. The average Bonchev–Trinajstić information content (AvgIpc) is 3.46. The van der Waals surface area contributed by atoms with Gasteiger partial charge in [0.1, 0.15) is 5.76 Å². The lowest BCUT2D eigenvalue weighted by atomic mass is 10.1. The first kappa shape index (κ1) is 26.4. The predicted octanol–water partition coefficient (Wildman–Crippen LogP) is 2.09. The molecule has 1 aromatic heterocycles. The van der Waals surface area contributed by atoms with E-state index in [1.165, 1.54) is 0 Å². The molecule has 0 radical (unpaired) electrons. The molecular formula is C22H39IN4O4. The van der Waals surface area contributed by atoms with E-state index in [-0.39, 0.29) is 24.0 Å². The molecule has 178 valence electrons. The maximum atomic E-state index is 5.74. The van der Waals surface area contributed by atoms with E-state index in [0.29, 0.717) is 19.1 Å². The molecule has 0 aliphatic carbocycles. The van der Waals surface area contributed by atoms with Crippen LogP contribution in [0.3, 0.4) is 0 Å². The molecule has 0 amide bonds. The van der Waals surface area contributed by atoms with Crippen LogP contribution in [-0.2, 0) is 20.6 Å². The van der Waals surface area contributed by atoms with Crippen molar-refractivity contribution >= 4 is 29.9 Å². The quantitative estimate of drug-likeness (QED) is 0.185. The molecule has 2 aliphatic heterocycles. The number of rotatable bonds is 12. The molecule has 0 saturated carbocycles. The summed E-state index contributed by atoms with van der Waals surface area (Å²) >= 11 is 0. The highest BCUT2D eigenvalue weighted by Crippen LogP contribution is 2.17. The molecule has 2 fully saturated rings. The minimum Gasteiger partial charge on any atom is -0.469 e. The number of ether oxygens (including phenoxy) is 3. The summed E-state index contributed by atoms with van der Waals surface area (Å²) in [6.07, 6.45) is 4.79. The fourth-order valence-electron chi connectivity index (χ4n) is 3.88. The third-order valence-electron chi connectivity index (χ3n) is 5.60. The number of likely N-dealkylation sites (tertiary alicyclic amines) is 1. The van der Waals surface area contributed by atoms with Gasteiger partial charge in [0.25, 0.3) is 0 Å². The summed E-state index contributed by atoms with van der Waals surface area (Å²) in [6.45, 7) is 10.6. The highest BCUT2D eigenvalue weighted by Gasteiger charge is 2.25. The lowest BCUT2D eigenvalue weighted by molar-refractivity contribution is 0.0377. The van der Waals surface area contributed by atoms with Gasteiger partial charge in [0, 0.05) is 65.3 Å². The number of hydrogen-bond acceptors (Lipinski definition) is 6. The average molecular weight is 550 g/mol. The second-order valence-corrected chi connectivity index (χ2v) is 7.94. The fourth-order valence-corrected chi connectivity index (χ4v) is 3.88. The Balaban J connectivity index is 0.00000341. The normalized spacial score (nSPS) is 20.1. The third-order valence-corrected chi connectivity index (χ3v) is 5.60. The fraction of sp³-hybridized carbons (Fsp3) is 0.773. The number of hydrogen-bond donors (Lipinski definition) is 1. The van der Waals surface area contributed by atoms with Crippen LogP contribution in [0.25, 0.3) is 0 Å². The number of furan rings is 1. The molecule has 0 bridgehead atoms. The lowest BCUT2D eigenvalue weighted by Crippen LogP contribution is -2.41. The van der Waals surface area contributed by atoms with Crippen molar-refractivity contribution < 1.29 is 18.6 Å². The first-order valence-corrected chi connectivity index (χ1v) is 11.3. The molecule has 1 atom stereocenters. The van der Waals surface area contributed by atoms with Gasteiger partial charge < -0.3 is 28.8 Å². The lowest BCUT2D eigenvalue weighted by Gasteiger charge is -2.26. The van der Waals surface area contributed by atoms with Crippen LogP contribution in [0.2, 0.25) is 0 Å². The maximum absolute atomic E-state index is 5.74. The second kappa shape index (κ2) is 15.8. The van der Waals surface area contributed by atoms with Crippen molar-refractivity contribution in [2.24, 2.45) is 10.9 Å². The molecule has 0 aromatic carbocycles. The van der Waals surface area contributed by atoms with Crippen LogP contribution in [0.15, 0.2) is 27.8 Å². The van der Waals surface area contributed by atoms with Crippen LogP contribution in [0.5, 0.6) is 0 Å². The van der Waals surface area contributed by atoms with Gasteiger partial charge in [-0.1, -0.05) is 0 Å². The molecule has 1 N–H and O–H groups in total. The van der Waals surface area contributed by atoms with Gasteiger partial charge in [-0.25, -0.2) is 0 Å². The summed E-state index contributed by atoms with van der Waals surface area (Å²) in [4.78, 5) is 9.78. The molecule has 3 rings (SSSR count). The zero-order valence-corrected chi connectivity index (χ0v) is 21.1. The smallest absolute Gasteiger partial charge is 0.193 e. The van der Waals surface area contributed by atoms with Crippen molar-refractivity contribution in [3.8, 4) is 0 Å². The van der Waals surface area contributed by atoms with Crippen molar-refractivity contribution in [1.29, 1.82) is 0 Å². The van der Waals surface area contributed by atoms with E-state index in [1.54, 1.807) is 13.4 Å². The topological polar surface area (TPSA) is 71.7 Å². The first-order chi connectivity index (χ1) is 14.8. The van der Waals surface area contributed by atoms with Crippen LogP contribution in [-0.4, -0.2) is 102 Å². The van der Waals surface area contributed by atoms with Gasteiger partial charge in [0.05, 0.1) is 39.3 Å². The Labute approximate surface area is 203 Å².